The number of hydrogen-bond acceptors (Lipinski definition) is 4. The van der Waals surface area contributed by atoms with Crippen LogP contribution in [0.25, 0.3) is 0 Å². The van der Waals surface area contributed by atoms with E-state index < -0.39 is 6.43 Å². The second kappa shape index (κ2) is 5.93. The van der Waals surface area contributed by atoms with Gasteiger partial charge in [0.05, 0.1) is 6.54 Å². The molecule has 0 radical (unpaired) electrons. The molecule has 0 aliphatic rings. The Morgan fingerprint density at radius 2 is 1.89 bits per heavy atom. The summed E-state index contributed by atoms with van der Waals surface area (Å²) < 4.78 is 24.9. The summed E-state index contributed by atoms with van der Waals surface area (Å²) in [5, 5.41) is 2.97. The van der Waals surface area contributed by atoms with Gasteiger partial charge in [-0.2, -0.15) is 0 Å². The third-order valence-electron chi connectivity index (χ3n) is 2.66. The molecule has 0 amide bonds. The van der Waals surface area contributed by atoms with Crippen molar-refractivity contribution in [2.24, 2.45) is 0 Å². The first-order valence-electron chi connectivity index (χ1n) is 5.92. The largest absolute Gasteiger partial charge is 0.373 e. The highest BCUT2D eigenvalue weighted by atomic mass is 19.3. The van der Waals surface area contributed by atoms with Gasteiger partial charge in [-0.05, 0) is 6.92 Å². The first-order valence-corrected chi connectivity index (χ1v) is 5.92. The van der Waals surface area contributed by atoms with Crippen LogP contribution in [0.2, 0.25) is 0 Å². The van der Waals surface area contributed by atoms with E-state index in [1.807, 2.05) is 20.8 Å². The highest BCUT2D eigenvalue weighted by molar-refractivity contribution is 5.58. The normalized spacial score (nSPS) is 11.2. The minimum Gasteiger partial charge on any atom is -0.373 e. The minimum absolute atomic E-state index is 0.149. The summed E-state index contributed by atoms with van der Waals surface area (Å²) in [7, 11) is 3.38. The lowest BCUT2D eigenvalue weighted by Gasteiger charge is -2.22. The Morgan fingerprint density at radius 3 is 2.33 bits per heavy atom. The second-order valence-corrected chi connectivity index (χ2v) is 4.56. The van der Waals surface area contributed by atoms with Crippen LogP contribution in [-0.2, 0) is 0 Å². The summed E-state index contributed by atoms with van der Waals surface area (Å²) in [5.41, 5.74) is 0.782. The summed E-state index contributed by atoms with van der Waals surface area (Å²) in [5.74, 6) is 2.04. The molecule has 4 nitrogen and oxygen atoms in total. The molecule has 0 bridgehead atoms. The van der Waals surface area contributed by atoms with Crippen molar-refractivity contribution in [2.45, 2.75) is 33.1 Å². The quantitative estimate of drug-likeness (QED) is 0.881. The second-order valence-electron chi connectivity index (χ2n) is 4.56. The smallest absolute Gasteiger partial charge is 0.255 e. The average Bonchev–Trinajstić information content (AvgIpc) is 2.27. The third-order valence-corrected chi connectivity index (χ3v) is 2.66. The fraction of sp³-hybridized carbons (Fsp3) is 0.667. The maximum Gasteiger partial charge on any atom is 0.255 e. The maximum absolute atomic E-state index is 12.4. The lowest BCUT2D eigenvalue weighted by Crippen LogP contribution is -2.26. The van der Waals surface area contributed by atoms with E-state index in [0.717, 1.165) is 5.56 Å². The number of hydrogen-bond donors (Lipinski definition) is 1. The molecule has 0 aliphatic carbocycles. The van der Waals surface area contributed by atoms with Crippen LogP contribution in [-0.4, -0.2) is 37.0 Å². The molecule has 0 saturated heterocycles. The average molecular weight is 258 g/mol. The van der Waals surface area contributed by atoms with Gasteiger partial charge in [-0.15, -0.1) is 0 Å². The van der Waals surface area contributed by atoms with Gasteiger partial charge in [-0.3, -0.25) is 0 Å². The number of anilines is 2. The summed E-state index contributed by atoms with van der Waals surface area (Å²) >= 11 is 0. The molecule has 1 N–H and O–H groups in total. The highest BCUT2D eigenvalue weighted by Gasteiger charge is 2.17. The van der Waals surface area contributed by atoms with Gasteiger partial charge in [0.2, 0.25) is 0 Å². The van der Waals surface area contributed by atoms with Crippen LogP contribution < -0.4 is 10.2 Å². The zero-order valence-electron chi connectivity index (χ0n) is 11.5. The number of aromatic nitrogens is 2. The molecule has 0 saturated carbocycles. The van der Waals surface area contributed by atoms with E-state index >= 15 is 0 Å². The number of alkyl halides is 2. The minimum atomic E-state index is -2.38. The van der Waals surface area contributed by atoms with Crippen molar-refractivity contribution in [2.75, 3.05) is 30.9 Å². The van der Waals surface area contributed by atoms with Gasteiger partial charge in [0.1, 0.15) is 17.5 Å². The van der Waals surface area contributed by atoms with E-state index in [0.29, 0.717) is 17.5 Å². The molecular weight excluding hydrogens is 238 g/mol. The molecule has 0 aliphatic heterocycles. The van der Waals surface area contributed by atoms with E-state index in [2.05, 4.69) is 15.3 Å². The SMILES string of the molecule is CNc1nc(C(C)C)nc(N(C)CC(F)F)c1C. The van der Waals surface area contributed by atoms with Crippen LogP contribution in [0.3, 0.4) is 0 Å². The van der Waals surface area contributed by atoms with Gasteiger partial charge in [-0.25, -0.2) is 18.7 Å². The van der Waals surface area contributed by atoms with Crippen LogP contribution in [0.1, 0.15) is 31.2 Å². The van der Waals surface area contributed by atoms with Crippen LogP contribution in [0.15, 0.2) is 0 Å². The summed E-state index contributed by atoms with van der Waals surface area (Å²) in [4.78, 5) is 10.2. The molecule has 1 aromatic rings. The Kier molecular flexibility index (Phi) is 4.81. The molecule has 0 fully saturated rings. The van der Waals surface area contributed by atoms with Gasteiger partial charge in [0, 0.05) is 25.6 Å². The Hall–Kier alpha value is -1.46. The van der Waals surface area contributed by atoms with Crippen molar-refractivity contribution in [1.29, 1.82) is 0 Å². The van der Waals surface area contributed by atoms with E-state index in [9.17, 15) is 8.78 Å². The van der Waals surface area contributed by atoms with Crippen molar-refractivity contribution in [3.8, 4) is 0 Å². The lowest BCUT2D eigenvalue weighted by atomic mass is 10.2. The Bertz CT molecular complexity index is 407. The predicted octanol–water partition coefficient (Wildman–Crippen LogP) is 2.65. The van der Waals surface area contributed by atoms with E-state index in [-0.39, 0.29) is 12.5 Å². The molecule has 0 aromatic carbocycles. The Balaban J connectivity index is 3.20. The van der Waals surface area contributed by atoms with Crippen LogP contribution in [0.4, 0.5) is 20.4 Å². The molecule has 0 atom stereocenters. The molecular formula is C12H20F2N4. The summed E-state index contributed by atoms with van der Waals surface area (Å²) in [6.07, 6.45) is -2.38. The van der Waals surface area contributed by atoms with E-state index in [4.69, 9.17) is 0 Å². The van der Waals surface area contributed by atoms with E-state index in [1.54, 1.807) is 14.1 Å². The van der Waals surface area contributed by atoms with E-state index in [1.165, 1.54) is 4.90 Å². The summed E-state index contributed by atoms with van der Waals surface area (Å²) in [6.45, 7) is 5.44. The number of nitrogens with zero attached hydrogens (tertiary/aromatic N) is 3. The zero-order valence-corrected chi connectivity index (χ0v) is 11.5. The summed E-state index contributed by atoms with van der Waals surface area (Å²) in [6, 6.07) is 0. The highest BCUT2D eigenvalue weighted by Crippen LogP contribution is 2.25. The van der Waals surface area contributed by atoms with Gasteiger partial charge >= 0.3 is 0 Å². The number of nitrogens with one attached hydrogen (secondary N) is 1. The topological polar surface area (TPSA) is 41.1 Å². The van der Waals surface area contributed by atoms with Gasteiger partial charge in [0.15, 0.2) is 0 Å². The van der Waals surface area contributed by atoms with Crippen LogP contribution in [0, 0.1) is 6.92 Å². The predicted molar refractivity (Wildman–Crippen MR) is 69.7 cm³/mol. The maximum atomic E-state index is 12.4. The van der Waals surface area contributed by atoms with Gasteiger partial charge in [-0.1, -0.05) is 13.8 Å². The molecule has 0 spiro atoms. The van der Waals surface area contributed by atoms with Crippen LogP contribution >= 0.6 is 0 Å². The van der Waals surface area contributed by atoms with Gasteiger partial charge in [0.25, 0.3) is 6.43 Å². The molecule has 1 heterocycles. The fourth-order valence-corrected chi connectivity index (χ4v) is 1.69. The van der Waals surface area contributed by atoms with Crippen molar-refractivity contribution in [3.05, 3.63) is 11.4 Å². The third kappa shape index (κ3) is 3.27. The number of halogens is 2. The Labute approximate surface area is 106 Å². The van der Waals surface area contributed by atoms with Crippen molar-refractivity contribution >= 4 is 11.6 Å². The standard InChI is InChI=1S/C12H20F2N4/c1-7(2)10-16-11(15-4)8(3)12(17-10)18(5)6-9(13)14/h7,9H,6H2,1-5H3,(H,15,16,17). The molecule has 1 rings (SSSR count). The molecule has 1 aromatic heterocycles. The first-order chi connectivity index (χ1) is 8.36. The van der Waals surface area contributed by atoms with Crippen molar-refractivity contribution < 1.29 is 8.78 Å². The zero-order chi connectivity index (χ0) is 13.9. The molecule has 18 heavy (non-hydrogen) atoms. The van der Waals surface area contributed by atoms with Crippen molar-refractivity contribution in [3.63, 3.8) is 0 Å². The van der Waals surface area contributed by atoms with Crippen LogP contribution in [0.5, 0.6) is 0 Å². The number of rotatable bonds is 5. The van der Waals surface area contributed by atoms with Gasteiger partial charge < -0.3 is 10.2 Å². The lowest BCUT2D eigenvalue weighted by molar-refractivity contribution is 0.156. The first kappa shape index (κ1) is 14.6. The Morgan fingerprint density at radius 1 is 1.28 bits per heavy atom. The fourth-order valence-electron chi connectivity index (χ4n) is 1.69. The molecule has 0 unspecified atom stereocenters. The molecule has 102 valence electrons. The van der Waals surface area contributed by atoms with Crippen molar-refractivity contribution in [1.82, 2.24) is 9.97 Å². The molecule has 6 heteroatoms. The monoisotopic (exact) mass is 258 g/mol.